The van der Waals surface area contributed by atoms with E-state index in [9.17, 15) is 4.57 Å². The van der Waals surface area contributed by atoms with Gasteiger partial charge in [-0.15, -0.1) is 0 Å². The van der Waals surface area contributed by atoms with Gasteiger partial charge in [0.05, 0.1) is 6.04 Å². The van der Waals surface area contributed by atoms with Gasteiger partial charge in [0.15, 0.2) is 0 Å². The summed E-state index contributed by atoms with van der Waals surface area (Å²) in [5.41, 5.74) is 2.36. The first-order chi connectivity index (χ1) is 11.5. The van der Waals surface area contributed by atoms with Crippen molar-refractivity contribution in [1.29, 1.82) is 0 Å². The van der Waals surface area contributed by atoms with Gasteiger partial charge in [-0.2, -0.15) is 0 Å². The van der Waals surface area contributed by atoms with Gasteiger partial charge in [-0.1, -0.05) is 67.6 Å². The van der Waals surface area contributed by atoms with E-state index in [2.05, 4.69) is 54.9 Å². The maximum atomic E-state index is 13.4. The molecule has 24 heavy (non-hydrogen) atoms. The Hall–Kier alpha value is -1.41. The lowest BCUT2D eigenvalue weighted by Gasteiger charge is -2.31. The van der Waals surface area contributed by atoms with E-state index in [4.69, 9.17) is 4.52 Å². The van der Waals surface area contributed by atoms with Gasteiger partial charge >= 0.3 is 0 Å². The van der Waals surface area contributed by atoms with Gasteiger partial charge in [0, 0.05) is 12.2 Å². The van der Waals surface area contributed by atoms with Gasteiger partial charge in [0.25, 0.3) is 7.52 Å². The third kappa shape index (κ3) is 3.35. The topological polar surface area (TPSA) is 29.5 Å². The monoisotopic (exact) mass is 343 g/mol. The van der Waals surface area contributed by atoms with Gasteiger partial charge in [0.1, 0.15) is 6.10 Å². The number of nitrogens with zero attached hydrogens (tertiary/aromatic N) is 1. The van der Waals surface area contributed by atoms with Crippen molar-refractivity contribution in [1.82, 2.24) is 4.67 Å². The molecule has 0 aliphatic carbocycles. The Bertz CT molecular complexity index is 702. The van der Waals surface area contributed by atoms with Crippen LogP contribution in [0, 0.1) is 0 Å². The van der Waals surface area contributed by atoms with Gasteiger partial charge in [-0.05, 0) is 31.4 Å². The van der Waals surface area contributed by atoms with Crippen LogP contribution in [0.3, 0.4) is 0 Å². The lowest BCUT2D eigenvalue weighted by molar-refractivity contribution is 0.185. The van der Waals surface area contributed by atoms with E-state index in [0.717, 1.165) is 12.0 Å². The Balaban J connectivity index is 2.01. The van der Waals surface area contributed by atoms with E-state index >= 15 is 0 Å². The van der Waals surface area contributed by atoms with Gasteiger partial charge in [-0.25, -0.2) is 4.67 Å². The summed E-state index contributed by atoms with van der Waals surface area (Å²) in [5.74, 6) is 0. The zero-order valence-electron chi connectivity index (χ0n) is 14.6. The van der Waals surface area contributed by atoms with Crippen LogP contribution >= 0.6 is 7.52 Å². The molecule has 3 atom stereocenters. The second-order valence-corrected chi connectivity index (χ2v) is 9.20. The van der Waals surface area contributed by atoms with Crippen LogP contribution in [0.15, 0.2) is 60.7 Å². The zero-order chi connectivity index (χ0) is 17.2. The average molecular weight is 343 g/mol. The SMILES string of the molecule is CC[P@]1(=O)O[C@H](c2ccccc2)[C@H](Cc2ccccc2)N1C(C)C. The number of benzene rings is 2. The molecule has 1 aliphatic heterocycles. The van der Waals surface area contributed by atoms with E-state index in [1.54, 1.807) is 0 Å². The van der Waals surface area contributed by atoms with E-state index in [0.29, 0.717) is 6.16 Å². The molecule has 3 nitrogen and oxygen atoms in total. The third-order valence-corrected chi connectivity index (χ3v) is 7.48. The summed E-state index contributed by atoms with van der Waals surface area (Å²) < 4.78 is 21.8. The Morgan fingerprint density at radius 2 is 1.62 bits per heavy atom. The number of rotatable bonds is 5. The smallest absolute Gasteiger partial charge is 0.273 e. The lowest BCUT2D eigenvalue weighted by atomic mass is 9.95. The molecule has 1 saturated heterocycles. The van der Waals surface area contributed by atoms with Crippen LogP contribution in [-0.4, -0.2) is 22.9 Å². The highest BCUT2D eigenvalue weighted by molar-refractivity contribution is 7.56. The largest absolute Gasteiger partial charge is 0.308 e. The molecule has 0 spiro atoms. The van der Waals surface area contributed by atoms with E-state index in [1.165, 1.54) is 5.56 Å². The second-order valence-electron chi connectivity index (χ2n) is 6.62. The van der Waals surface area contributed by atoms with Crippen LogP contribution < -0.4 is 0 Å². The average Bonchev–Trinajstić information content (AvgIpc) is 2.90. The molecule has 0 unspecified atom stereocenters. The fraction of sp³-hybridized carbons (Fsp3) is 0.400. The van der Waals surface area contributed by atoms with Crippen LogP contribution in [-0.2, 0) is 15.5 Å². The minimum atomic E-state index is -2.80. The van der Waals surface area contributed by atoms with Crippen molar-refractivity contribution in [3.8, 4) is 0 Å². The first-order valence-electron chi connectivity index (χ1n) is 8.70. The number of hydrogen-bond acceptors (Lipinski definition) is 2. The summed E-state index contributed by atoms with van der Waals surface area (Å²) in [7, 11) is -2.80. The zero-order valence-corrected chi connectivity index (χ0v) is 15.5. The molecule has 0 saturated carbocycles. The van der Waals surface area contributed by atoms with Crippen molar-refractivity contribution in [3.63, 3.8) is 0 Å². The molecule has 1 heterocycles. The van der Waals surface area contributed by atoms with Crippen molar-refractivity contribution in [2.24, 2.45) is 0 Å². The molecular weight excluding hydrogens is 317 g/mol. The fourth-order valence-electron chi connectivity index (χ4n) is 3.62. The Morgan fingerprint density at radius 3 is 2.17 bits per heavy atom. The highest BCUT2D eigenvalue weighted by Gasteiger charge is 2.50. The summed E-state index contributed by atoms with van der Waals surface area (Å²) in [4.78, 5) is 0. The van der Waals surface area contributed by atoms with Crippen molar-refractivity contribution in [2.45, 2.75) is 45.4 Å². The highest BCUT2D eigenvalue weighted by Crippen LogP contribution is 2.64. The molecule has 2 aromatic carbocycles. The summed E-state index contributed by atoms with van der Waals surface area (Å²) in [6.45, 7) is 6.18. The first-order valence-corrected chi connectivity index (χ1v) is 10.5. The normalized spacial score (nSPS) is 27.7. The molecule has 0 bridgehead atoms. The van der Waals surface area contributed by atoms with Crippen LogP contribution in [0.1, 0.15) is 38.0 Å². The Morgan fingerprint density at radius 1 is 1.04 bits per heavy atom. The van der Waals surface area contributed by atoms with Crippen LogP contribution in [0.2, 0.25) is 0 Å². The molecule has 1 aliphatic rings. The molecule has 128 valence electrons. The quantitative estimate of drug-likeness (QED) is 0.691. The van der Waals surface area contributed by atoms with Crippen molar-refractivity contribution < 1.29 is 9.09 Å². The van der Waals surface area contributed by atoms with Crippen molar-refractivity contribution >= 4 is 7.52 Å². The number of hydrogen-bond donors (Lipinski definition) is 0. The van der Waals surface area contributed by atoms with Crippen LogP contribution in [0.4, 0.5) is 0 Å². The third-order valence-electron chi connectivity index (χ3n) is 4.66. The van der Waals surface area contributed by atoms with E-state index < -0.39 is 7.52 Å². The highest BCUT2D eigenvalue weighted by atomic mass is 31.2. The molecule has 4 heteroatoms. The fourth-order valence-corrected chi connectivity index (χ4v) is 6.18. The maximum absolute atomic E-state index is 13.4. The summed E-state index contributed by atoms with van der Waals surface area (Å²) in [6, 6.07) is 20.9. The van der Waals surface area contributed by atoms with Crippen LogP contribution in [0.25, 0.3) is 0 Å². The van der Waals surface area contributed by atoms with Crippen molar-refractivity contribution in [2.75, 3.05) is 6.16 Å². The second kappa shape index (κ2) is 7.23. The van der Waals surface area contributed by atoms with E-state index in [-0.39, 0.29) is 18.2 Å². The summed E-state index contributed by atoms with van der Waals surface area (Å²) in [5, 5.41) is 0. The Kier molecular flexibility index (Phi) is 5.24. The summed E-state index contributed by atoms with van der Waals surface area (Å²) in [6.07, 6.45) is 1.22. The molecule has 0 N–H and O–H groups in total. The van der Waals surface area contributed by atoms with Crippen LogP contribution in [0.5, 0.6) is 0 Å². The van der Waals surface area contributed by atoms with Gasteiger partial charge < -0.3 is 4.52 Å². The molecular formula is C20H26NO2P. The predicted molar refractivity (Wildman–Crippen MR) is 99.3 cm³/mol. The molecule has 0 radical (unpaired) electrons. The standard InChI is InChI=1S/C20H26NO2P/c1-4-24(22)21(16(2)3)19(15-17-11-7-5-8-12-17)20(23-24)18-13-9-6-10-14-18/h5-14,16,19-20H,4,15H2,1-3H3/t19-,20+,24-/m0/s1. The van der Waals surface area contributed by atoms with Crippen molar-refractivity contribution in [3.05, 3.63) is 71.8 Å². The summed E-state index contributed by atoms with van der Waals surface area (Å²) >= 11 is 0. The van der Waals surface area contributed by atoms with Gasteiger partial charge in [0.2, 0.25) is 0 Å². The Labute approximate surface area is 145 Å². The maximum Gasteiger partial charge on any atom is 0.273 e. The molecule has 1 fully saturated rings. The molecule has 3 rings (SSSR count). The predicted octanol–water partition coefficient (Wildman–Crippen LogP) is 5.29. The minimum Gasteiger partial charge on any atom is -0.308 e. The molecule has 0 amide bonds. The lowest BCUT2D eigenvalue weighted by Crippen LogP contribution is -2.37. The molecule has 0 aromatic heterocycles. The molecule has 2 aromatic rings. The minimum absolute atomic E-state index is 0.0839. The first kappa shape index (κ1) is 17.4. The van der Waals surface area contributed by atoms with E-state index in [1.807, 2.05) is 31.2 Å². The van der Waals surface area contributed by atoms with Gasteiger partial charge in [-0.3, -0.25) is 4.57 Å².